The van der Waals surface area contributed by atoms with Crippen LogP contribution in [0.5, 0.6) is 0 Å². The molecular weight excluding hydrogens is 240 g/mol. The zero-order chi connectivity index (χ0) is 12.4. The first-order valence-electron chi connectivity index (χ1n) is 6.50. The summed E-state index contributed by atoms with van der Waals surface area (Å²) in [6.07, 6.45) is 2.62. The highest BCUT2D eigenvalue weighted by Gasteiger charge is 2.27. The molecule has 0 aliphatic carbocycles. The molecule has 0 spiro atoms. The van der Waals surface area contributed by atoms with E-state index in [0.717, 1.165) is 22.1 Å². The van der Waals surface area contributed by atoms with Crippen molar-refractivity contribution in [3.63, 3.8) is 0 Å². The lowest BCUT2D eigenvalue weighted by atomic mass is 10.0. The van der Waals surface area contributed by atoms with Crippen molar-refractivity contribution in [3.8, 4) is 0 Å². The summed E-state index contributed by atoms with van der Waals surface area (Å²) in [5.74, 6) is 3.61. The molecule has 1 fully saturated rings. The molecule has 0 amide bonds. The first-order chi connectivity index (χ1) is 8.84. The first-order valence-corrected chi connectivity index (χ1v) is 8.23. The molecule has 0 N–H and O–H groups in total. The van der Waals surface area contributed by atoms with Crippen LogP contribution in [0.1, 0.15) is 23.2 Å². The van der Waals surface area contributed by atoms with Gasteiger partial charge in [0.25, 0.3) is 0 Å². The van der Waals surface area contributed by atoms with Gasteiger partial charge < -0.3 is 0 Å². The Balaban J connectivity index is 1.91. The van der Waals surface area contributed by atoms with Crippen molar-refractivity contribution in [1.82, 2.24) is 0 Å². The van der Waals surface area contributed by atoms with Gasteiger partial charge >= 0.3 is 0 Å². The van der Waals surface area contributed by atoms with Crippen LogP contribution in [0, 0.1) is 0 Å². The maximum atomic E-state index is 12.4. The standard InChI is InChI=1S/C16H17OS/c17-16(12-18-10-3-4-11-18)15-9-5-7-13-6-1-2-8-14(13)15/h1-2,5-9H,3-4,10-12H2/q+1. The van der Waals surface area contributed by atoms with E-state index in [0.29, 0.717) is 16.7 Å². The maximum absolute atomic E-state index is 12.4. The van der Waals surface area contributed by atoms with Gasteiger partial charge in [-0.15, -0.1) is 0 Å². The highest BCUT2D eigenvalue weighted by Crippen LogP contribution is 2.21. The number of carbonyl (C=O) groups is 1. The van der Waals surface area contributed by atoms with Crippen LogP contribution in [-0.2, 0) is 10.9 Å². The summed E-state index contributed by atoms with van der Waals surface area (Å²) >= 11 is 0. The fraction of sp³-hybridized carbons (Fsp3) is 0.312. The van der Waals surface area contributed by atoms with Gasteiger partial charge in [-0.2, -0.15) is 0 Å². The summed E-state index contributed by atoms with van der Waals surface area (Å²) < 4.78 is 0. The summed E-state index contributed by atoms with van der Waals surface area (Å²) in [4.78, 5) is 12.4. The molecule has 1 heterocycles. The third-order valence-corrected chi connectivity index (χ3v) is 5.94. The normalized spacial score (nSPS) is 16.2. The van der Waals surface area contributed by atoms with Crippen LogP contribution in [0.2, 0.25) is 0 Å². The van der Waals surface area contributed by atoms with Crippen LogP contribution in [0.3, 0.4) is 0 Å². The van der Waals surface area contributed by atoms with E-state index >= 15 is 0 Å². The number of ketones is 1. The van der Waals surface area contributed by atoms with E-state index in [1.54, 1.807) is 0 Å². The van der Waals surface area contributed by atoms with Crippen LogP contribution < -0.4 is 0 Å². The van der Waals surface area contributed by atoms with Gasteiger partial charge in [0, 0.05) is 5.56 Å². The predicted octanol–water partition coefficient (Wildman–Crippen LogP) is 3.43. The molecule has 1 aliphatic rings. The van der Waals surface area contributed by atoms with Gasteiger partial charge in [-0.25, -0.2) is 0 Å². The van der Waals surface area contributed by atoms with Crippen molar-refractivity contribution in [3.05, 3.63) is 48.0 Å². The van der Waals surface area contributed by atoms with Crippen LogP contribution in [0.25, 0.3) is 10.8 Å². The molecule has 0 unspecified atom stereocenters. The number of benzene rings is 2. The largest absolute Gasteiger partial charge is 0.289 e. The van der Waals surface area contributed by atoms with Crippen LogP contribution in [0.4, 0.5) is 0 Å². The van der Waals surface area contributed by atoms with Gasteiger partial charge in [0.05, 0.1) is 0 Å². The van der Waals surface area contributed by atoms with Crippen LogP contribution >= 0.6 is 0 Å². The monoisotopic (exact) mass is 257 g/mol. The molecule has 0 bridgehead atoms. The molecule has 18 heavy (non-hydrogen) atoms. The Labute approximate surface area is 111 Å². The minimum Gasteiger partial charge on any atom is -0.289 e. The Morgan fingerprint density at radius 2 is 1.72 bits per heavy atom. The molecule has 0 aromatic heterocycles. The molecule has 0 radical (unpaired) electrons. The molecule has 2 aromatic rings. The lowest BCUT2D eigenvalue weighted by Crippen LogP contribution is -2.18. The average molecular weight is 257 g/mol. The maximum Gasteiger partial charge on any atom is 0.212 e. The van der Waals surface area contributed by atoms with Crippen molar-refractivity contribution >= 4 is 27.5 Å². The Morgan fingerprint density at radius 1 is 1.00 bits per heavy atom. The minimum atomic E-state index is 0.331. The second-order valence-corrected chi connectivity index (χ2v) is 7.15. The van der Waals surface area contributed by atoms with E-state index in [1.165, 1.54) is 24.3 Å². The number of Topliss-reactive ketones (excluding diaryl/α,β-unsaturated/α-hetero) is 1. The van der Waals surface area contributed by atoms with Crippen molar-refractivity contribution < 1.29 is 4.79 Å². The molecule has 3 rings (SSSR count). The van der Waals surface area contributed by atoms with E-state index < -0.39 is 0 Å². The fourth-order valence-electron chi connectivity index (χ4n) is 2.59. The van der Waals surface area contributed by atoms with E-state index in [1.807, 2.05) is 24.3 Å². The Hall–Kier alpha value is -1.28. The second-order valence-electron chi connectivity index (χ2n) is 4.82. The Kier molecular flexibility index (Phi) is 3.37. The average Bonchev–Trinajstić information content (AvgIpc) is 2.91. The Bertz CT molecular complexity index is 565. The first kappa shape index (κ1) is 11.8. The molecule has 1 saturated heterocycles. The molecule has 1 nitrogen and oxygen atoms in total. The zero-order valence-electron chi connectivity index (χ0n) is 10.4. The third kappa shape index (κ3) is 2.30. The van der Waals surface area contributed by atoms with Gasteiger partial charge in [-0.1, -0.05) is 42.5 Å². The molecular formula is C16H17OS+. The van der Waals surface area contributed by atoms with Gasteiger partial charge in [-0.05, 0) is 34.5 Å². The number of hydrogen-bond acceptors (Lipinski definition) is 1. The lowest BCUT2D eigenvalue weighted by molar-refractivity contribution is 0.102. The lowest BCUT2D eigenvalue weighted by Gasteiger charge is -2.05. The summed E-state index contributed by atoms with van der Waals surface area (Å²) in [6, 6.07) is 14.2. The molecule has 2 aromatic carbocycles. The van der Waals surface area contributed by atoms with Gasteiger partial charge in [0.1, 0.15) is 11.5 Å². The van der Waals surface area contributed by atoms with Crippen LogP contribution in [0.15, 0.2) is 42.5 Å². The smallest absolute Gasteiger partial charge is 0.212 e. The van der Waals surface area contributed by atoms with E-state index in [2.05, 4.69) is 18.2 Å². The van der Waals surface area contributed by atoms with Crippen molar-refractivity contribution in [2.24, 2.45) is 0 Å². The van der Waals surface area contributed by atoms with Gasteiger partial charge in [0.2, 0.25) is 5.78 Å². The summed E-state index contributed by atoms with van der Waals surface area (Å²) in [7, 11) is 0.350. The quantitative estimate of drug-likeness (QED) is 0.608. The molecule has 1 aliphatic heterocycles. The Morgan fingerprint density at radius 3 is 2.56 bits per heavy atom. The summed E-state index contributed by atoms with van der Waals surface area (Å²) in [5, 5.41) is 2.27. The van der Waals surface area contributed by atoms with E-state index in [-0.39, 0.29) is 0 Å². The highest BCUT2D eigenvalue weighted by atomic mass is 32.2. The topological polar surface area (TPSA) is 17.1 Å². The van der Waals surface area contributed by atoms with Gasteiger partial charge in [0.15, 0.2) is 5.75 Å². The number of carbonyl (C=O) groups excluding carboxylic acids is 1. The fourth-order valence-corrected chi connectivity index (χ4v) is 4.83. The molecule has 92 valence electrons. The van der Waals surface area contributed by atoms with E-state index in [9.17, 15) is 4.79 Å². The minimum absolute atomic E-state index is 0.331. The highest BCUT2D eigenvalue weighted by molar-refractivity contribution is 7.97. The van der Waals surface area contributed by atoms with Crippen LogP contribution in [-0.4, -0.2) is 23.0 Å². The van der Waals surface area contributed by atoms with E-state index in [4.69, 9.17) is 0 Å². The number of rotatable bonds is 3. The number of fused-ring (bicyclic) bond motifs is 1. The SMILES string of the molecule is O=C(C[S+]1CCCC1)c1cccc2ccccc12. The second kappa shape index (κ2) is 5.15. The van der Waals surface area contributed by atoms with Gasteiger partial charge in [-0.3, -0.25) is 4.79 Å². The van der Waals surface area contributed by atoms with Crippen molar-refractivity contribution in [2.45, 2.75) is 12.8 Å². The van der Waals surface area contributed by atoms with Crippen molar-refractivity contribution in [2.75, 3.05) is 17.3 Å². The third-order valence-electron chi connectivity index (χ3n) is 3.54. The molecule has 0 atom stereocenters. The summed E-state index contributed by atoms with van der Waals surface area (Å²) in [5.41, 5.74) is 0.910. The molecule has 0 saturated carbocycles. The number of hydrogen-bond donors (Lipinski definition) is 0. The molecule has 2 heteroatoms. The summed E-state index contributed by atoms with van der Waals surface area (Å²) in [6.45, 7) is 0. The predicted molar refractivity (Wildman–Crippen MR) is 79.5 cm³/mol. The zero-order valence-corrected chi connectivity index (χ0v) is 11.2. The van der Waals surface area contributed by atoms with Crippen molar-refractivity contribution in [1.29, 1.82) is 0 Å².